The zero-order valence-corrected chi connectivity index (χ0v) is 16.6. The number of hydrogen-bond acceptors (Lipinski definition) is 6. The van der Waals surface area contributed by atoms with Gasteiger partial charge >= 0.3 is 0 Å². The van der Waals surface area contributed by atoms with Gasteiger partial charge in [-0.2, -0.15) is 4.98 Å². The second-order valence-electron chi connectivity index (χ2n) is 7.39. The number of benzene rings is 1. The highest BCUT2D eigenvalue weighted by Gasteiger charge is 2.22. The Morgan fingerprint density at radius 1 is 1.15 bits per heavy atom. The summed E-state index contributed by atoms with van der Waals surface area (Å²) in [5, 5.41) is 6.14. The van der Waals surface area contributed by atoms with E-state index in [-0.39, 0.29) is 0 Å². The van der Waals surface area contributed by atoms with Crippen molar-refractivity contribution in [1.82, 2.24) is 19.9 Å². The largest absolute Gasteiger partial charge is 0.338 e. The fraction of sp³-hybridized carbons (Fsp3) is 0.429. The van der Waals surface area contributed by atoms with Gasteiger partial charge in [0.2, 0.25) is 11.7 Å². The molecule has 6 heteroatoms. The van der Waals surface area contributed by atoms with Crippen LogP contribution in [-0.4, -0.2) is 46.6 Å². The molecule has 0 atom stereocenters. The van der Waals surface area contributed by atoms with Crippen molar-refractivity contribution in [3.05, 3.63) is 59.3 Å². The van der Waals surface area contributed by atoms with E-state index in [0.717, 1.165) is 49.4 Å². The second kappa shape index (κ2) is 8.78. The summed E-state index contributed by atoms with van der Waals surface area (Å²) in [6, 6.07) is 14.7. The lowest BCUT2D eigenvalue weighted by Crippen LogP contribution is -2.37. The molecule has 1 fully saturated rings. The van der Waals surface area contributed by atoms with Gasteiger partial charge in [0.15, 0.2) is 0 Å². The van der Waals surface area contributed by atoms with Crippen molar-refractivity contribution in [2.75, 3.05) is 26.7 Å². The number of thiophene rings is 1. The molecular weight excluding hydrogens is 356 g/mol. The molecule has 1 aromatic carbocycles. The Morgan fingerprint density at radius 3 is 2.70 bits per heavy atom. The van der Waals surface area contributed by atoms with Crippen molar-refractivity contribution >= 4 is 11.3 Å². The molecule has 4 rings (SSSR count). The van der Waals surface area contributed by atoms with Crippen molar-refractivity contribution < 1.29 is 4.52 Å². The summed E-state index contributed by atoms with van der Waals surface area (Å²) in [7, 11) is 2.23. The number of aromatic nitrogens is 2. The van der Waals surface area contributed by atoms with E-state index in [4.69, 9.17) is 4.52 Å². The fourth-order valence-corrected chi connectivity index (χ4v) is 4.39. The maximum Gasteiger partial charge on any atom is 0.241 e. The normalized spacial score (nSPS) is 16.2. The van der Waals surface area contributed by atoms with Gasteiger partial charge in [0.05, 0.1) is 11.4 Å². The highest BCUT2D eigenvalue weighted by Crippen LogP contribution is 2.23. The Hall–Kier alpha value is -2.02. The number of nitrogens with zero attached hydrogens (tertiary/aromatic N) is 4. The van der Waals surface area contributed by atoms with Crippen LogP contribution in [0.3, 0.4) is 0 Å². The SMILES string of the molecule is CN(Cc1ccccc1)CC1CCN(Cc2nc(-c3cccs3)no2)CC1. The van der Waals surface area contributed by atoms with Crippen LogP contribution in [-0.2, 0) is 13.1 Å². The van der Waals surface area contributed by atoms with Crippen molar-refractivity contribution in [2.24, 2.45) is 5.92 Å². The molecule has 0 aliphatic carbocycles. The second-order valence-corrected chi connectivity index (χ2v) is 8.34. The lowest BCUT2D eigenvalue weighted by molar-refractivity contribution is 0.135. The van der Waals surface area contributed by atoms with Gasteiger partial charge in [0.1, 0.15) is 0 Å². The Labute approximate surface area is 164 Å². The zero-order chi connectivity index (χ0) is 18.5. The molecule has 3 heterocycles. The maximum absolute atomic E-state index is 5.44. The van der Waals surface area contributed by atoms with E-state index in [2.05, 4.69) is 57.3 Å². The summed E-state index contributed by atoms with van der Waals surface area (Å²) >= 11 is 1.64. The number of likely N-dealkylation sites (tertiary alicyclic amines) is 1. The van der Waals surface area contributed by atoms with Crippen LogP contribution < -0.4 is 0 Å². The minimum Gasteiger partial charge on any atom is -0.338 e. The lowest BCUT2D eigenvalue weighted by atomic mass is 9.96. The molecule has 0 bridgehead atoms. The van der Waals surface area contributed by atoms with Crippen LogP contribution in [0.1, 0.15) is 24.3 Å². The van der Waals surface area contributed by atoms with Crippen LogP contribution in [0, 0.1) is 5.92 Å². The molecule has 1 saturated heterocycles. The molecule has 0 N–H and O–H groups in total. The molecule has 0 spiro atoms. The highest BCUT2D eigenvalue weighted by molar-refractivity contribution is 7.13. The molecule has 2 aromatic heterocycles. The standard InChI is InChI=1S/C21H26N4OS/c1-24(14-17-6-3-2-4-7-17)15-18-9-11-25(12-10-18)16-20-22-21(23-26-20)19-8-5-13-27-19/h2-8,13,18H,9-12,14-16H2,1H3. The summed E-state index contributed by atoms with van der Waals surface area (Å²) in [6.07, 6.45) is 2.45. The molecular formula is C21H26N4OS. The molecule has 0 saturated carbocycles. The Kier molecular flexibility index (Phi) is 5.97. The summed E-state index contributed by atoms with van der Waals surface area (Å²) in [5.41, 5.74) is 1.38. The van der Waals surface area contributed by atoms with Gasteiger partial charge in [-0.15, -0.1) is 11.3 Å². The first-order valence-corrected chi connectivity index (χ1v) is 10.5. The third kappa shape index (κ3) is 5.03. The molecule has 3 aromatic rings. The monoisotopic (exact) mass is 382 g/mol. The summed E-state index contributed by atoms with van der Waals surface area (Å²) in [6.45, 7) is 5.13. The smallest absolute Gasteiger partial charge is 0.241 e. The first-order chi connectivity index (χ1) is 13.3. The predicted molar refractivity (Wildman–Crippen MR) is 108 cm³/mol. The zero-order valence-electron chi connectivity index (χ0n) is 15.8. The van der Waals surface area contributed by atoms with Crippen LogP contribution in [0.5, 0.6) is 0 Å². The maximum atomic E-state index is 5.44. The Bertz CT molecular complexity index is 810. The molecule has 142 valence electrons. The van der Waals surface area contributed by atoms with Crippen molar-refractivity contribution in [2.45, 2.75) is 25.9 Å². The lowest BCUT2D eigenvalue weighted by Gasteiger charge is -2.33. The van der Waals surface area contributed by atoms with Gasteiger partial charge in [-0.25, -0.2) is 0 Å². The van der Waals surface area contributed by atoms with Crippen LogP contribution in [0.15, 0.2) is 52.4 Å². The fourth-order valence-electron chi connectivity index (χ4n) is 3.74. The van der Waals surface area contributed by atoms with Crippen molar-refractivity contribution in [3.8, 4) is 10.7 Å². The van der Waals surface area contributed by atoms with Crippen LogP contribution >= 0.6 is 11.3 Å². The van der Waals surface area contributed by atoms with E-state index in [1.165, 1.54) is 18.4 Å². The number of hydrogen-bond donors (Lipinski definition) is 0. The molecule has 0 unspecified atom stereocenters. The van der Waals surface area contributed by atoms with Crippen molar-refractivity contribution in [1.29, 1.82) is 0 Å². The van der Waals surface area contributed by atoms with Gasteiger partial charge in [-0.1, -0.05) is 41.6 Å². The third-order valence-corrected chi connectivity index (χ3v) is 6.01. The predicted octanol–water partition coefficient (Wildman–Crippen LogP) is 4.14. The average Bonchev–Trinajstić information content (AvgIpc) is 3.36. The highest BCUT2D eigenvalue weighted by atomic mass is 32.1. The van der Waals surface area contributed by atoms with Crippen LogP contribution in [0.2, 0.25) is 0 Å². The molecule has 0 radical (unpaired) electrons. The van der Waals surface area contributed by atoms with E-state index >= 15 is 0 Å². The molecule has 0 amide bonds. The van der Waals surface area contributed by atoms with E-state index < -0.39 is 0 Å². The number of piperidine rings is 1. The van der Waals surface area contributed by atoms with Crippen molar-refractivity contribution in [3.63, 3.8) is 0 Å². The summed E-state index contributed by atoms with van der Waals surface area (Å²) < 4.78 is 5.44. The van der Waals surface area contributed by atoms with Gasteiger partial charge in [-0.3, -0.25) is 4.90 Å². The van der Waals surface area contributed by atoms with E-state index in [0.29, 0.717) is 5.82 Å². The van der Waals surface area contributed by atoms with E-state index in [9.17, 15) is 0 Å². The average molecular weight is 383 g/mol. The van der Waals surface area contributed by atoms with Gasteiger partial charge in [0.25, 0.3) is 0 Å². The number of rotatable bonds is 7. The van der Waals surface area contributed by atoms with Gasteiger partial charge < -0.3 is 9.42 Å². The topological polar surface area (TPSA) is 45.4 Å². The first kappa shape index (κ1) is 18.3. The quantitative estimate of drug-likeness (QED) is 0.614. The summed E-state index contributed by atoms with van der Waals surface area (Å²) in [5.74, 6) is 2.19. The first-order valence-electron chi connectivity index (χ1n) is 9.57. The van der Waals surface area contributed by atoms with Crippen LogP contribution in [0.25, 0.3) is 10.7 Å². The minimum absolute atomic E-state index is 0.706. The molecule has 1 aliphatic rings. The third-order valence-electron chi connectivity index (χ3n) is 5.14. The molecule has 27 heavy (non-hydrogen) atoms. The van der Waals surface area contributed by atoms with Crippen LogP contribution in [0.4, 0.5) is 0 Å². The Balaban J connectivity index is 1.22. The van der Waals surface area contributed by atoms with E-state index in [1.807, 2.05) is 17.5 Å². The van der Waals surface area contributed by atoms with Gasteiger partial charge in [0, 0.05) is 13.1 Å². The Morgan fingerprint density at radius 2 is 1.96 bits per heavy atom. The minimum atomic E-state index is 0.706. The van der Waals surface area contributed by atoms with Gasteiger partial charge in [-0.05, 0) is 55.9 Å². The molecule has 5 nitrogen and oxygen atoms in total. The van der Waals surface area contributed by atoms with E-state index in [1.54, 1.807) is 11.3 Å². The summed E-state index contributed by atoms with van der Waals surface area (Å²) in [4.78, 5) is 10.5. The molecule has 1 aliphatic heterocycles.